The monoisotopic (exact) mass is 568 g/mol. The third-order valence-electron chi connectivity index (χ3n) is 9.01. The number of benzene rings is 7. The van der Waals surface area contributed by atoms with Gasteiger partial charge in [-0.05, 0) is 47.2 Å². The SMILES string of the molecule is c1ccc(C2Nc3c(ccc4ccc5c(ccc6c7cc8c9ccccc9n(-c9ccccc9)c8cc7sc65)c34)O2)cc1. The molecule has 43 heavy (non-hydrogen) atoms. The highest BCUT2D eigenvalue weighted by molar-refractivity contribution is 7.26. The maximum Gasteiger partial charge on any atom is 0.196 e. The normalized spacial score (nSPS) is 14.7. The zero-order valence-electron chi connectivity index (χ0n) is 23.0. The summed E-state index contributed by atoms with van der Waals surface area (Å²) in [5.74, 6) is 0.904. The van der Waals surface area contributed by atoms with Gasteiger partial charge in [-0.1, -0.05) is 97.1 Å². The van der Waals surface area contributed by atoms with Crippen LogP contribution in [0.15, 0.2) is 133 Å². The van der Waals surface area contributed by atoms with Crippen molar-refractivity contribution in [3.05, 3.63) is 139 Å². The number of fused-ring (bicyclic) bond motifs is 12. The number of nitrogens with zero attached hydrogens (tertiary/aromatic N) is 1. The van der Waals surface area contributed by atoms with Crippen LogP contribution < -0.4 is 10.1 Å². The topological polar surface area (TPSA) is 26.2 Å². The average molecular weight is 569 g/mol. The van der Waals surface area contributed by atoms with Crippen LogP contribution in [0.1, 0.15) is 11.8 Å². The van der Waals surface area contributed by atoms with Gasteiger partial charge in [0.15, 0.2) is 6.23 Å². The standard InChI is InChI=1S/C39H24N2OS/c1-3-9-24(10-4-1)39-40-37-34(42-39)20-16-23-15-17-28-27(36(23)37)18-19-29-31-21-30-26-13-7-8-14-32(26)41(25-11-5-2-6-12-25)33(30)22-35(31)43-38(28)29/h1-22,39-40H. The molecular formula is C39H24N2OS. The number of hydrogen-bond donors (Lipinski definition) is 1. The highest BCUT2D eigenvalue weighted by atomic mass is 32.1. The lowest BCUT2D eigenvalue weighted by molar-refractivity contribution is 0.260. The van der Waals surface area contributed by atoms with Gasteiger partial charge in [0, 0.05) is 53.0 Å². The van der Waals surface area contributed by atoms with Crippen molar-refractivity contribution in [3.63, 3.8) is 0 Å². The van der Waals surface area contributed by atoms with Crippen molar-refractivity contribution in [2.75, 3.05) is 5.32 Å². The first-order valence-corrected chi connectivity index (χ1v) is 15.4. The summed E-state index contributed by atoms with van der Waals surface area (Å²) in [6, 6.07) is 48.1. The average Bonchev–Trinajstić information content (AvgIpc) is 3.76. The first-order chi connectivity index (χ1) is 21.3. The van der Waals surface area contributed by atoms with Crippen molar-refractivity contribution in [2.45, 2.75) is 6.23 Å². The molecule has 3 nitrogen and oxygen atoms in total. The van der Waals surface area contributed by atoms with Crippen molar-refractivity contribution < 1.29 is 4.74 Å². The van der Waals surface area contributed by atoms with Gasteiger partial charge in [0.2, 0.25) is 0 Å². The first kappa shape index (κ1) is 23.3. The summed E-state index contributed by atoms with van der Waals surface area (Å²) in [5.41, 5.74) is 5.86. The first-order valence-electron chi connectivity index (χ1n) is 14.6. The second-order valence-electron chi connectivity index (χ2n) is 11.3. The number of rotatable bonds is 2. The van der Waals surface area contributed by atoms with Gasteiger partial charge in [-0.3, -0.25) is 0 Å². The summed E-state index contributed by atoms with van der Waals surface area (Å²) >= 11 is 1.89. The largest absolute Gasteiger partial charge is 0.464 e. The molecular weight excluding hydrogens is 545 g/mol. The number of aromatic nitrogens is 1. The minimum atomic E-state index is -0.192. The van der Waals surface area contributed by atoms with E-state index in [-0.39, 0.29) is 6.23 Å². The van der Waals surface area contributed by atoms with Crippen molar-refractivity contribution >= 4 is 80.5 Å². The van der Waals surface area contributed by atoms with E-state index >= 15 is 0 Å². The molecule has 0 saturated heterocycles. The Balaban J connectivity index is 1.23. The molecule has 0 aliphatic carbocycles. The molecule has 0 bridgehead atoms. The van der Waals surface area contributed by atoms with Crippen molar-refractivity contribution in [1.82, 2.24) is 4.57 Å². The van der Waals surface area contributed by atoms with Crippen molar-refractivity contribution in [3.8, 4) is 11.4 Å². The van der Waals surface area contributed by atoms with Gasteiger partial charge in [-0.2, -0.15) is 0 Å². The molecule has 202 valence electrons. The van der Waals surface area contributed by atoms with E-state index in [1.807, 2.05) is 17.4 Å². The predicted octanol–water partition coefficient (Wildman–Crippen LogP) is 11.0. The summed E-state index contributed by atoms with van der Waals surface area (Å²) in [6.45, 7) is 0. The Hall–Kier alpha value is -5.32. The summed E-state index contributed by atoms with van der Waals surface area (Å²) in [7, 11) is 0. The van der Waals surface area contributed by atoms with Gasteiger partial charge in [-0.25, -0.2) is 0 Å². The lowest BCUT2D eigenvalue weighted by Gasteiger charge is -2.11. The molecule has 1 N–H and O–H groups in total. The van der Waals surface area contributed by atoms with Gasteiger partial charge in [-0.15, -0.1) is 11.3 Å². The van der Waals surface area contributed by atoms with Gasteiger partial charge in [0.25, 0.3) is 0 Å². The van der Waals surface area contributed by atoms with Crippen LogP contribution in [0, 0.1) is 0 Å². The Morgan fingerprint density at radius 2 is 1.30 bits per heavy atom. The van der Waals surface area contributed by atoms with Crippen molar-refractivity contribution in [2.24, 2.45) is 0 Å². The van der Waals surface area contributed by atoms with E-state index in [9.17, 15) is 0 Å². The highest BCUT2D eigenvalue weighted by Crippen LogP contribution is 2.48. The molecule has 0 radical (unpaired) electrons. The molecule has 7 aromatic carbocycles. The van der Waals surface area contributed by atoms with Crippen LogP contribution in [0.25, 0.3) is 69.2 Å². The van der Waals surface area contributed by atoms with Crippen LogP contribution in [-0.2, 0) is 0 Å². The lowest BCUT2D eigenvalue weighted by Crippen LogP contribution is -2.09. The fraction of sp³-hybridized carbons (Fsp3) is 0.0256. The molecule has 1 aliphatic rings. The molecule has 3 heterocycles. The van der Waals surface area contributed by atoms with E-state index in [0.717, 1.165) is 17.0 Å². The van der Waals surface area contributed by atoms with Crippen LogP contribution in [0.3, 0.4) is 0 Å². The Bertz CT molecular complexity index is 2560. The maximum absolute atomic E-state index is 6.39. The molecule has 0 fully saturated rings. The quantitative estimate of drug-likeness (QED) is 0.210. The summed E-state index contributed by atoms with van der Waals surface area (Å²) < 4.78 is 11.4. The number of nitrogens with one attached hydrogen (secondary N) is 1. The third-order valence-corrected chi connectivity index (χ3v) is 10.2. The molecule has 9 aromatic rings. The summed E-state index contributed by atoms with van der Waals surface area (Å²) in [5, 5.41) is 13.9. The minimum Gasteiger partial charge on any atom is -0.464 e. The number of thiophene rings is 1. The molecule has 0 spiro atoms. The minimum absolute atomic E-state index is 0.192. The number of hydrogen-bond acceptors (Lipinski definition) is 3. The van der Waals surface area contributed by atoms with E-state index in [1.54, 1.807) is 0 Å². The third kappa shape index (κ3) is 3.24. The van der Waals surface area contributed by atoms with Gasteiger partial charge in [0.05, 0.1) is 16.7 Å². The fourth-order valence-corrected chi connectivity index (χ4v) is 8.32. The molecule has 0 amide bonds. The van der Waals surface area contributed by atoms with E-state index < -0.39 is 0 Å². The Kier molecular flexibility index (Phi) is 4.65. The van der Waals surface area contributed by atoms with Gasteiger partial charge in [0.1, 0.15) is 5.75 Å². The molecule has 1 atom stereocenters. The Labute approximate surface area is 251 Å². The molecule has 4 heteroatoms. The predicted molar refractivity (Wildman–Crippen MR) is 182 cm³/mol. The second kappa shape index (κ2) is 8.60. The highest BCUT2D eigenvalue weighted by Gasteiger charge is 2.26. The number of ether oxygens (including phenoxy) is 1. The van der Waals surface area contributed by atoms with E-state index in [0.29, 0.717) is 0 Å². The molecule has 2 aromatic heterocycles. The van der Waals surface area contributed by atoms with Crippen molar-refractivity contribution in [1.29, 1.82) is 0 Å². The lowest BCUT2D eigenvalue weighted by atomic mass is 9.98. The smallest absolute Gasteiger partial charge is 0.196 e. The fourth-order valence-electron chi connectivity index (χ4n) is 7.07. The second-order valence-corrected chi connectivity index (χ2v) is 12.4. The van der Waals surface area contributed by atoms with E-state index in [2.05, 4.69) is 137 Å². The zero-order chi connectivity index (χ0) is 28.1. The maximum atomic E-state index is 6.39. The summed E-state index contributed by atoms with van der Waals surface area (Å²) in [6.07, 6.45) is -0.192. The van der Waals surface area contributed by atoms with E-state index in [4.69, 9.17) is 4.74 Å². The van der Waals surface area contributed by atoms with Crippen LogP contribution in [-0.4, -0.2) is 4.57 Å². The molecule has 10 rings (SSSR count). The molecule has 1 unspecified atom stereocenters. The van der Waals surface area contributed by atoms with Gasteiger partial charge >= 0.3 is 0 Å². The van der Waals surface area contributed by atoms with Crippen LogP contribution in [0.2, 0.25) is 0 Å². The zero-order valence-corrected chi connectivity index (χ0v) is 23.9. The molecule has 1 aliphatic heterocycles. The number of para-hydroxylation sites is 2. The van der Waals surface area contributed by atoms with Gasteiger partial charge < -0.3 is 14.6 Å². The Morgan fingerprint density at radius 1 is 0.581 bits per heavy atom. The van der Waals surface area contributed by atoms with Crippen LogP contribution >= 0.6 is 11.3 Å². The van der Waals surface area contributed by atoms with Crippen LogP contribution in [0.4, 0.5) is 5.69 Å². The number of anilines is 1. The van der Waals surface area contributed by atoms with E-state index in [1.165, 1.54) is 69.2 Å². The molecule has 0 saturated carbocycles. The van der Waals surface area contributed by atoms with Crippen LogP contribution in [0.5, 0.6) is 5.75 Å². The summed E-state index contributed by atoms with van der Waals surface area (Å²) in [4.78, 5) is 0. The Morgan fingerprint density at radius 3 is 2.19 bits per heavy atom.